The molecule has 0 fully saturated rings. The molecule has 0 amide bonds. The Kier molecular flexibility index (Phi) is 4.29. The number of aromatic carboxylic acids is 1. The second-order valence-electron chi connectivity index (χ2n) is 4.63. The van der Waals surface area contributed by atoms with Crippen molar-refractivity contribution in [3.8, 4) is 0 Å². The van der Waals surface area contributed by atoms with Gasteiger partial charge in [0.05, 0.1) is 11.7 Å². The van der Waals surface area contributed by atoms with Crippen LogP contribution in [0.25, 0.3) is 6.08 Å². The fourth-order valence-corrected chi connectivity index (χ4v) is 2.38. The van der Waals surface area contributed by atoms with E-state index in [0.29, 0.717) is 21.8 Å². The molecule has 1 heterocycles. The third kappa shape index (κ3) is 3.06. The number of H-pyrrole nitrogens is 1. The summed E-state index contributed by atoms with van der Waals surface area (Å²) < 4.78 is 0. The van der Waals surface area contributed by atoms with Gasteiger partial charge in [0.25, 0.3) is 0 Å². The topological polar surface area (TPSA) is 73.0 Å². The smallest absolute Gasteiger partial charge is 0.187 e. The van der Waals surface area contributed by atoms with Crippen molar-refractivity contribution in [3.05, 3.63) is 63.4 Å². The Morgan fingerprint density at radius 1 is 1.24 bits per heavy atom. The minimum Gasteiger partial charge on any atom is -0.543 e. The third-order valence-corrected chi connectivity index (χ3v) is 3.55. The fourth-order valence-electron chi connectivity index (χ4n) is 2.18. The van der Waals surface area contributed by atoms with Crippen molar-refractivity contribution in [3.63, 3.8) is 0 Å². The van der Waals surface area contributed by atoms with Crippen molar-refractivity contribution in [1.82, 2.24) is 4.98 Å². The van der Waals surface area contributed by atoms with Gasteiger partial charge in [-0.15, -0.1) is 0 Å². The van der Waals surface area contributed by atoms with Crippen molar-refractivity contribution in [2.45, 2.75) is 13.8 Å². The highest BCUT2D eigenvalue weighted by Crippen LogP contribution is 2.20. The molecule has 1 aromatic carbocycles. The second-order valence-corrected chi connectivity index (χ2v) is 5.04. The van der Waals surface area contributed by atoms with Crippen LogP contribution in [0.2, 0.25) is 5.02 Å². The number of allylic oxidation sites excluding steroid dienone is 1. The summed E-state index contributed by atoms with van der Waals surface area (Å²) in [5, 5.41) is 11.5. The van der Waals surface area contributed by atoms with E-state index < -0.39 is 5.97 Å². The Morgan fingerprint density at radius 2 is 1.90 bits per heavy atom. The first-order valence-electron chi connectivity index (χ1n) is 6.29. The molecule has 0 aliphatic carbocycles. The number of benzene rings is 1. The Morgan fingerprint density at radius 3 is 2.48 bits per heavy atom. The molecule has 2 rings (SSSR count). The predicted octanol–water partition coefficient (Wildman–Crippen LogP) is 2.54. The highest BCUT2D eigenvalue weighted by molar-refractivity contribution is 6.32. The molecule has 0 atom stereocenters. The molecule has 4 nitrogen and oxygen atoms in total. The predicted molar refractivity (Wildman–Crippen MR) is 79.4 cm³/mol. The van der Waals surface area contributed by atoms with Crippen molar-refractivity contribution < 1.29 is 14.7 Å². The number of aromatic amines is 1. The van der Waals surface area contributed by atoms with Gasteiger partial charge in [-0.2, -0.15) is 0 Å². The molecule has 0 saturated heterocycles. The lowest BCUT2D eigenvalue weighted by atomic mass is 10.0. The molecule has 5 heteroatoms. The summed E-state index contributed by atoms with van der Waals surface area (Å²) in [5.74, 6) is -1.61. The Bertz CT molecular complexity index is 744. The van der Waals surface area contributed by atoms with Gasteiger partial charge in [0, 0.05) is 16.3 Å². The number of carbonyl (C=O) groups is 2. The van der Waals surface area contributed by atoms with Crippen LogP contribution in [0.1, 0.15) is 37.7 Å². The largest absolute Gasteiger partial charge is 0.543 e. The summed E-state index contributed by atoms with van der Waals surface area (Å²) in [6.45, 7) is 3.22. The van der Waals surface area contributed by atoms with Crippen LogP contribution in [-0.2, 0) is 0 Å². The molecule has 2 aromatic rings. The first kappa shape index (κ1) is 15.1. The number of carbonyl (C=O) groups excluding carboxylic acids is 2. The summed E-state index contributed by atoms with van der Waals surface area (Å²) >= 11 is 6.01. The number of carboxylic acids is 1. The van der Waals surface area contributed by atoms with Crippen LogP contribution in [0.3, 0.4) is 0 Å². The summed E-state index contributed by atoms with van der Waals surface area (Å²) in [4.78, 5) is 25.8. The molecule has 0 radical (unpaired) electrons. The molecular weight excluding hydrogens is 290 g/mol. The van der Waals surface area contributed by atoms with E-state index in [-0.39, 0.29) is 11.5 Å². The van der Waals surface area contributed by atoms with Crippen LogP contribution >= 0.6 is 11.6 Å². The molecule has 0 saturated carbocycles. The van der Waals surface area contributed by atoms with Crippen molar-refractivity contribution in [1.29, 1.82) is 0 Å². The van der Waals surface area contributed by atoms with Gasteiger partial charge in [-0.05, 0) is 43.2 Å². The lowest BCUT2D eigenvalue weighted by Gasteiger charge is -2.01. The average molecular weight is 303 g/mol. The Balaban J connectivity index is 2.34. The fraction of sp³-hybridized carbons (Fsp3) is 0.125. The molecular formula is C16H13ClNO3-. The number of aryl methyl sites for hydroxylation is 1. The molecule has 0 aliphatic rings. The number of ketones is 1. The van der Waals surface area contributed by atoms with Gasteiger partial charge in [-0.1, -0.05) is 29.8 Å². The normalized spacial score (nSPS) is 11.0. The Hall–Kier alpha value is -2.33. The number of rotatable bonds is 4. The van der Waals surface area contributed by atoms with E-state index in [1.807, 2.05) is 6.07 Å². The number of hydrogen-bond donors (Lipinski definition) is 1. The van der Waals surface area contributed by atoms with E-state index in [9.17, 15) is 14.7 Å². The summed E-state index contributed by atoms with van der Waals surface area (Å²) in [7, 11) is 0. The van der Waals surface area contributed by atoms with Gasteiger partial charge in [-0.3, -0.25) is 4.79 Å². The van der Waals surface area contributed by atoms with Crippen molar-refractivity contribution >= 4 is 29.4 Å². The zero-order valence-corrected chi connectivity index (χ0v) is 12.3. The maximum Gasteiger partial charge on any atom is 0.187 e. The van der Waals surface area contributed by atoms with Crippen molar-refractivity contribution in [2.75, 3.05) is 0 Å². The first-order valence-corrected chi connectivity index (χ1v) is 6.67. The van der Waals surface area contributed by atoms with E-state index in [1.54, 1.807) is 38.1 Å². The molecule has 1 aromatic heterocycles. The lowest BCUT2D eigenvalue weighted by molar-refractivity contribution is -0.255. The second kappa shape index (κ2) is 5.97. The van der Waals surface area contributed by atoms with Crippen LogP contribution in [0, 0.1) is 13.8 Å². The number of nitrogens with one attached hydrogen (secondary N) is 1. The van der Waals surface area contributed by atoms with E-state index in [2.05, 4.69) is 4.98 Å². The van der Waals surface area contributed by atoms with E-state index in [0.717, 1.165) is 5.56 Å². The van der Waals surface area contributed by atoms with E-state index in [4.69, 9.17) is 11.6 Å². The van der Waals surface area contributed by atoms with Gasteiger partial charge < -0.3 is 14.9 Å². The van der Waals surface area contributed by atoms with Crippen LogP contribution in [0.4, 0.5) is 0 Å². The average Bonchev–Trinajstić information content (AvgIpc) is 2.73. The molecule has 0 unspecified atom stereocenters. The minimum atomic E-state index is -1.33. The van der Waals surface area contributed by atoms with E-state index >= 15 is 0 Å². The number of halogens is 1. The zero-order valence-electron chi connectivity index (χ0n) is 11.6. The van der Waals surface area contributed by atoms with Gasteiger partial charge in [0.2, 0.25) is 0 Å². The molecule has 1 N–H and O–H groups in total. The molecule has 0 bridgehead atoms. The molecule has 108 valence electrons. The molecule has 0 spiro atoms. The highest BCUT2D eigenvalue weighted by Gasteiger charge is 2.16. The minimum absolute atomic E-state index is 0.0676. The third-order valence-electron chi connectivity index (χ3n) is 3.21. The van der Waals surface area contributed by atoms with Crippen LogP contribution in [0.5, 0.6) is 0 Å². The van der Waals surface area contributed by atoms with Gasteiger partial charge in [0.1, 0.15) is 0 Å². The Labute approximate surface area is 127 Å². The summed E-state index contributed by atoms with van der Waals surface area (Å²) in [5.41, 5.74) is 1.87. The number of carboxylic acid groups (broad SMARTS) is 1. The summed E-state index contributed by atoms with van der Waals surface area (Å²) in [6, 6.07) is 7.13. The highest BCUT2D eigenvalue weighted by atomic mass is 35.5. The van der Waals surface area contributed by atoms with Gasteiger partial charge in [-0.25, -0.2) is 0 Å². The summed E-state index contributed by atoms with van der Waals surface area (Å²) in [6.07, 6.45) is 2.98. The zero-order chi connectivity index (χ0) is 15.6. The van der Waals surface area contributed by atoms with Crippen LogP contribution in [0.15, 0.2) is 30.3 Å². The van der Waals surface area contributed by atoms with Gasteiger partial charge in [0.15, 0.2) is 5.78 Å². The quantitative estimate of drug-likeness (QED) is 0.697. The molecule has 0 aliphatic heterocycles. The maximum absolute atomic E-state index is 12.2. The van der Waals surface area contributed by atoms with Gasteiger partial charge >= 0.3 is 0 Å². The van der Waals surface area contributed by atoms with Crippen LogP contribution < -0.4 is 5.11 Å². The van der Waals surface area contributed by atoms with E-state index in [1.165, 1.54) is 6.08 Å². The number of hydrogen-bond acceptors (Lipinski definition) is 3. The first-order chi connectivity index (χ1) is 9.91. The van der Waals surface area contributed by atoms with Crippen LogP contribution in [-0.4, -0.2) is 16.7 Å². The van der Waals surface area contributed by atoms with Crippen molar-refractivity contribution in [2.24, 2.45) is 0 Å². The monoisotopic (exact) mass is 302 g/mol. The molecule has 21 heavy (non-hydrogen) atoms. The standard InChI is InChI=1S/C16H14ClNO3/c1-9-14(10(2)18-15(9)16(20)21)13(19)8-7-11-5-3-4-6-12(11)17/h3-8,18H,1-2H3,(H,20,21)/p-1/b8-7+. The lowest BCUT2D eigenvalue weighted by Crippen LogP contribution is -2.23. The number of aromatic nitrogens is 1. The SMILES string of the molecule is Cc1[nH]c(C(=O)[O-])c(C)c1C(=O)/C=C/c1ccccc1Cl. The maximum atomic E-state index is 12.2.